The number of thioether (sulfide) groups is 1. The average Bonchev–Trinajstić information content (AvgIpc) is 2.19. The van der Waals surface area contributed by atoms with Crippen LogP contribution in [-0.4, -0.2) is 17.5 Å². The quantitative estimate of drug-likeness (QED) is 0.842. The van der Waals surface area contributed by atoms with E-state index in [1.807, 2.05) is 11.8 Å². The number of halogens is 1. The van der Waals surface area contributed by atoms with E-state index in [1.54, 1.807) is 0 Å². The van der Waals surface area contributed by atoms with Gasteiger partial charge < -0.3 is 5.32 Å². The Kier molecular flexibility index (Phi) is 3.52. The molecule has 1 fully saturated rings. The van der Waals surface area contributed by atoms with Gasteiger partial charge in [-0.1, -0.05) is 35.0 Å². The highest BCUT2D eigenvalue weighted by Crippen LogP contribution is 2.27. The summed E-state index contributed by atoms with van der Waals surface area (Å²) in [7, 11) is 0. The lowest BCUT2D eigenvalue weighted by molar-refractivity contribution is 0.563. The Balaban J connectivity index is 2.08. The van der Waals surface area contributed by atoms with Gasteiger partial charge in [0.25, 0.3) is 0 Å². The first-order chi connectivity index (χ1) is 6.75. The van der Waals surface area contributed by atoms with Crippen molar-refractivity contribution in [1.29, 1.82) is 0 Å². The van der Waals surface area contributed by atoms with Crippen molar-refractivity contribution in [2.24, 2.45) is 0 Å². The summed E-state index contributed by atoms with van der Waals surface area (Å²) in [6, 6.07) is 9.09. The maximum atomic E-state index is 3.57. The molecule has 1 aromatic carbocycles. The van der Waals surface area contributed by atoms with Crippen molar-refractivity contribution in [3.8, 4) is 0 Å². The van der Waals surface area contributed by atoms with Crippen molar-refractivity contribution in [3.05, 3.63) is 34.3 Å². The minimum atomic E-state index is 0.522. The van der Waals surface area contributed by atoms with Gasteiger partial charge in [-0.05, 0) is 17.7 Å². The second-order valence-corrected chi connectivity index (χ2v) is 6.05. The Morgan fingerprint density at radius 1 is 1.50 bits per heavy atom. The predicted octanol–water partition coefficient (Wildman–Crippen LogP) is 3.22. The van der Waals surface area contributed by atoms with Crippen LogP contribution in [0.5, 0.6) is 0 Å². The lowest BCUT2D eigenvalue weighted by atomic mass is 10.1. The summed E-state index contributed by atoms with van der Waals surface area (Å²) in [5, 5.41) is 4.32. The molecule has 2 unspecified atom stereocenters. The number of rotatable bonds is 1. The van der Waals surface area contributed by atoms with E-state index in [9.17, 15) is 0 Å². The third kappa shape index (κ3) is 2.53. The Bertz CT molecular complexity index is 308. The van der Waals surface area contributed by atoms with Crippen LogP contribution < -0.4 is 5.32 Å². The molecule has 0 aliphatic carbocycles. The molecule has 1 saturated heterocycles. The molecule has 2 rings (SSSR count). The highest BCUT2D eigenvalue weighted by molar-refractivity contribution is 9.10. The van der Waals surface area contributed by atoms with Crippen molar-refractivity contribution < 1.29 is 0 Å². The second-order valence-electron chi connectivity index (χ2n) is 3.66. The fraction of sp³-hybridized carbons (Fsp3) is 0.455. The Hall–Kier alpha value is 0.01000. The molecule has 1 N–H and O–H groups in total. The van der Waals surface area contributed by atoms with E-state index in [-0.39, 0.29) is 0 Å². The molecular formula is C11H14BrNS. The number of benzene rings is 1. The fourth-order valence-corrected chi connectivity index (χ4v) is 3.09. The molecule has 1 aliphatic heterocycles. The van der Waals surface area contributed by atoms with Crippen molar-refractivity contribution in [3.63, 3.8) is 0 Å². The van der Waals surface area contributed by atoms with Crippen molar-refractivity contribution in [1.82, 2.24) is 5.32 Å². The van der Waals surface area contributed by atoms with Crippen LogP contribution in [0.25, 0.3) is 0 Å². The zero-order chi connectivity index (χ0) is 9.97. The van der Waals surface area contributed by atoms with Crippen LogP contribution in [0, 0.1) is 0 Å². The lowest BCUT2D eigenvalue weighted by Gasteiger charge is -2.27. The van der Waals surface area contributed by atoms with Crippen LogP contribution in [0.3, 0.4) is 0 Å². The molecule has 76 valence electrons. The lowest BCUT2D eigenvalue weighted by Crippen LogP contribution is -2.34. The minimum absolute atomic E-state index is 0.522. The number of hydrogen-bond donors (Lipinski definition) is 1. The van der Waals surface area contributed by atoms with E-state index in [4.69, 9.17) is 0 Å². The summed E-state index contributed by atoms with van der Waals surface area (Å²) in [6.45, 7) is 3.39. The first-order valence-electron chi connectivity index (χ1n) is 4.86. The molecule has 14 heavy (non-hydrogen) atoms. The number of nitrogens with one attached hydrogen (secondary N) is 1. The molecule has 1 heterocycles. The van der Waals surface area contributed by atoms with E-state index in [2.05, 4.69) is 52.4 Å². The molecule has 1 aliphatic rings. The van der Waals surface area contributed by atoms with Gasteiger partial charge in [0, 0.05) is 28.1 Å². The van der Waals surface area contributed by atoms with Crippen molar-refractivity contribution >= 4 is 27.7 Å². The van der Waals surface area contributed by atoms with Gasteiger partial charge in [0.1, 0.15) is 0 Å². The van der Waals surface area contributed by atoms with Gasteiger partial charge in [-0.15, -0.1) is 0 Å². The van der Waals surface area contributed by atoms with Gasteiger partial charge in [0.2, 0.25) is 0 Å². The number of hydrogen-bond acceptors (Lipinski definition) is 2. The van der Waals surface area contributed by atoms with E-state index in [0.29, 0.717) is 6.04 Å². The molecule has 1 nitrogen and oxygen atoms in total. The van der Waals surface area contributed by atoms with Crippen LogP contribution in [0.4, 0.5) is 0 Å². The second kappa shape index (κ2) is 4.69. The summed E-state index contributed by atoms with van der Waals surface area (Å²) in [5.41, 5.74) is 1.39. The molecule has 0 amide bonds. The maximum Gasteiger partial charge on any atom is 0.0412 e. The smallest absolute Gasteiger partial charge is 0.0412 e. The van der Waals surface area contributed by atoms with Crippen molar-refractivity contribution in [2.45, 2.75) is 18.2 Å². The molecule has 2 atom stereocenters. The summed E-state index contributed by atoms with van der Waals surface area (Å²) in [4.78, 5) is 0. The van der Waals surface area contributed by atoms with Crippen LogP contribution >= 0.6 is 27.7 Å². The van der Waals surface area contributed by atoms with Crippen LogP contribution in [0.15, 0.2) is 28.7 Å². The third-order valence-corrected chi connectivity index (χ3v) is 4.20. The van der Waals surface area contributed by atoms with E-state index in [1.165, 1.54) is 15.8 Å². The monoisotopic (exact) mass is 271 g/mol. The predicted molar refractivity (Wildman–Crippen MR) is 66.8 cm³/mol. The SMILES string of the molecule is CC1CNC(c2cccc(Br)c2)CS1. The Labute approximate surface area is 97.8 Å². The fourth-order valence-electron chi connectivity index (χ4n) is 1.62. The Morgan fingerprint density at radius 3 is 3.00 bits per heavy atom. The zero-order valence-electron chi connectivity index (χ0n) is 8.16. The Morgan fingerprint density at radius 2 is 2.36 bits per heavy atom. The van der Waals surface area contributed by atoms with E-state index in [0.717, 1.165) is 11.8 Å². The van der Waals surface area contributed by atoms with Gasteiger partial charge in [-0.25, -0.2) is 0 Å². The first kappa shape index (κ1) is 10.5. The molecule has 0 bridgehead atoms. The molecular weight excluding hydrogens is 258 g/mol. The molecule has 3 heteroatoms. The molecule has 0 radical (unpaired) electrons. The van der Waals surface area contributed by atoms with Gasteiger partial charge in [0.15, 0.2) is 0 Å². The molecule has 1 aromatic rings. The summed E-state index contributed by atoms with van der Waals surface area (Å²) >= 11 is 5.56. The van der Waals surface area contributed by atoms with Gasteiger partial charge in [-0.3, -0.25) is 0 Å². The van der Waals surface area contributed by atoms with E-state index >= 15 is 0 Å². The first-order valence-corrected chi connectivity index (χ1v) is 6.70. The van der Waals surface area contributed by atoms with Crippen LogP contribution in [-0.2, 0) is 0 Å². The van der Waals surface area contributed by atoms with Crippen LogP contribution in [0.2, 0.25) is 0 Å². The highest BCUT2D eigenvalue weighted by atomic mass is 79.9. The van der Waals surface area contributed by atoms with Crippen LogP contribution in [0.1, 0.15) is 18.5 Å². The molecule has 0 spiro atoms. The molecule has 0 saturated carbocycles. The summed E-state index contributed by atoms with van der Waals surface area (Å²) in [5.74, 6) is 1.18. The standard InChI is InChI=1S/C11H14BrNS/c1-8-6-13-11(7-14-8)9-3-2-4-10(12)5-9/h2-5,8,11,13H,6-7H2,1H3. The third-order valence-electron chi connectivity index (χ3n) is 2.45. The van der Waals surface area contributed by atoms with Gasteiger partial charge in [-0.2, -0.15) is 11.8 Å². The van der Waals surface area contributed by atoms with E-state index < -0.39 is 0 Å². The maximum absolute atomic E-state index is 3.57. The summed E-state index contributed by atoms with van der Waals surface area (Å²) < 4.78 is 1.17. The van der Waals surface area contributed by atoms with Gasteiger partial charge in [0.05, 0.1) is 0 Å². The highest BCUT2D eigenvalue weighted by Gasteiger charge is 2.18. The zero-order valence-corrected chi connectivity index (χ0v) is 10.6. The molecule has 0 aromatic heterocycles. The van der Waals surface area contributed by atoms with Gasteiger partial charge >= 0.3 is 0 Å². The largest absolute Gasteiger partial charge is 0.308 e. The topological polar surface area (TPSA) is 12.0 Å². The average molecular weight is 272 g/mol. The minimum Gasteiger partial charge on any atom is -0.308 e. The summed E-state index contributed by atoms with van der Waals surface area (Å²) in [6.07, 6.45) is 0. The van der Waals surface area contributed by atoms with Crippen molar-refractivity contribution in [2.75, 3.05) is 12.3 Å². The normalized spacial score (nSPS) is 27.6.